The first-order valence-electron chi connectivity index (χ1n) is 9.71. The number of hydrogen-bond donors (Lipinski definition) is 0. The summed E-state index contributed by atoms with van der Waals surface area (Å²) in [4.78, 5) is 12.3. The summed E-state index contributed by atoms with van der Waals surface area (Å²) in [7, 11) is 0. The molecule has 0 unspecified atom stereocenters. The lowest BCUT2D eigenvalue weighted by Gasteiger charge is -2.31. The number of anilines is 2. The number of pyridine rings is 1. The molecule has 0 N–H and O–H groups in total. The molecule has 1 aromatic heterocycles. The van der Waals surface area contributed by atoms with Crippen LogP contribution < -0.4 is 4.90 Å². The summed E-state index contributed by atoms with van der Waals surface area (Å²) in [6.45, 7) is 4.92. The fourth-order valence-corrected chi connectivity index (χ4v) is 5.72. The van der Waals surface area contributed by atoms with E-state index in [9.17, 15) is 0 Å². The third kappa shape index (κ3) is 4.38. The monoisotopic (exact) mass is 385 g/mol. The van der Waals surface area contributed by atoms with E-state index >= 15 is 0 Å². The molecule has 0 atom stereocenters. The van der Waals surface area contributed by atoms with Gasteiger partial charge in [-0.3, -0.25) is 0 Å². The van der Waals surface area contributed by atoms with Gasteiger partial charge in [-0.1, -0.05) is 36.7 Å². The van der Waals surface area contributed by atoms with Gasteiger partial charge in [-0.05, 0) is 43.7 Å². The van der Waals surface area contributed by atoms with Crippen LogP contribution >= 0.6 is 23.5 Å². The number of unbranched alkanes of at least 4 members (excludes halogenated alkanes) is 3. The highest BCUT2D eigenvalue weighted by Gasteiger charge is 2.23. The van der Waals surface area contributed by atoms with Crippen LogP contribution in [0.4, 0.5) is 11.5 Å². The smallest absolute Gasteiger partial charge is 0.147 e. The van der Waals surface area contributed by atoms with Gasteiger partial charge in [0.2, 0.25) is 0 Å². The zero-order chi connectivity index (χ0) is 17.6. The largest absolute Gasteiger partial charge is 0.324 e. The van der Waals surface area contributed by atoms with Gasteiger partial charge < -0.3 is 9.80 Å². The van der Waals surface area contributed by atoms with Gasteiger partial charge >= 0.3 is 0 Å². The Hall–Kier alpha value is -1.17. The molecule has 0 spiro atoms. The predicted molar refractivity (Wildman–Crippen MR) is 114 cm³/mol. The van der Waals surface area contributed by atoms with Gasteiger partial charge in [0.15, 0.2) is 0 Å². The van der Waals surface area contributed by atoms with Crippen LogP contribution in [0, 0.1) is 0 Å². The number of benzene rings is 1. The Labute approximate surface area is 165 Å². The normalized spacial score (nSPS) is 17.0. The number of fused-ring (bicyclic) bond motifs is 2. The van der Waals surface area contributed by atoms with E-state index in [1.54, 1.807) is 0 Å². The minimum absolute atomic E-state index is 1.06. The molecule has 0 amide bonds. The molecule has 3 heterocycles. The van der Waals surface area contributed by atoms with Crippen LogP contribution in [0.5, 0.6) is 0 Å². The fraction of sp³-hybridized carbons (Fsp3) is 0.476. The molecule has 3 nitrogen and oxygen atoms in total. The van der Waals surface area contributed by atoms with Crippen molar-refractivity contribution in [1.82, 2.24) is 9.88 Å². The summed E-state index contributed by atoms with van der Waals surface area (Å²) in [6.07, 6.45) is 7.12. The van der Waals surface area contributed by atoms with Crippen molar-refractivity contribution in [2.75, 3.05) is 42.6 Å². The molecule has 5 heteroatoms. The van der Waals surface area contributed by atoms with Gasteiger partial charge in [-0.25, -0.2) is 4.98 Å². The van der Waals surface area contributed by atoms with Crippen molar-refractivity contribution < 1.29 is 0 Å². The van der Waals surface area contributed by atoms with Crippen LogP contribution in [0.2, 0.25) is 0 Å². The Morgan fingerprint density at radius 2 is 1.62 bits per heavy atom. The van der Waals surface area contributed by atoms with Crippen molar-refractivity contribution >= 4 is 35.0 Å². The third-order valence-corrected chi connectivity index (χ3v) is 7.14. The van der Waals surface area contributed by atoms with Crippen molar-refractivity contribution in [2.24, 2.45) is 0 Å². The molecule has 26 heavy (non-hydrogen) atoms. The van der Waals surface area contributed by atoms with Crippen LogP contribution in [-0.4, -0.2) is 47.6 Å². The maximum atomic E-state index is 4.67. The van der Waals surface area contributed by atoms with E-state index in [0.29, 0.717) is 0 Å². The maximum absolute atomic E-state index is 4.67. The molecule has 0 radical (unpaired) electrons. The van der Waals surface area contributed by atoms with Crippen LogP contribution in [0.25, 0.3) is 0 Å². The van der Waals surface area contributed by atoms with Crippen molar-refractivity contribution in [3.05, 3.63) is 42.6 Å². The minimum atomic E-state index is 1.06. The van der Waals surface area contributed by atoms with Gasteiger partial charge in [0.1, 0.15) is 5.82 Å². The lowest BCUT2D eigenvalue weighted by atomic mass is 10.1. The highest BCUT2D eigenvalue weighted by Crippen LogP contribution is 2.46. The zero-order valence-corrected chi connectivity index (χ0v) is 16.9. The highest BCUT2D eigenvalue weighted by molar-refractivity contribution is 7.99. The number of nitrogens with zero attached hydrogens (tertiary/aromatic N) is 3. The molecular formula is C21H27N3S2. The van der Waals surface area contributed by atoms with Gasteiger partial charge in [0.05, 0.1) is 10.6 Å². The Bertz CT molecular complexity index is 670. The molecule has 2 aliphatic rings. The first kappa shape index (κ1) is 18.2. The first-order valence-corrected chi connectivity index (χ1v) is 11.7. The van der Waals surface area contributed by atoms with Crippen LogP contribution in [-0.2, 0) is 0 Å². The summed E-state index contributed by atoms with van der Waals surface area (Å²) in [5.74, 6) is 3.76. The Balaban J connectivity index is 1.29. The molecule has 1 fully saturated rings. The summed E-state index contributed by atoms with van der Waals surface area (Å²) in [6, 6.07) is 12.9. The minimum Gasteiger partial charge on any atom is -0.324 e. The van der Waals surface area contributed by atoms with E-state index < -0.39 is 0 Å². The van der Waals surface area contributed by atoms with E-state index in [1.165, 1.54) is 72.3 Å². The summed E-state index contributed by atoms with van der Waals surface area (Å²) < 4.78 is 0. The Morgan fingerprint density at radius 3 is 2.50 bits per heavy atom. The van der Waals surface area contributed by atoms with Gasteiger partial charge in [0, 0.05) is 42.2 Å². The second kappa shape index (κ2) is 9.16. The van der Waals surface area contributed by atoms with Gasteiger partial charge in [-0.2, -0.15) is 11.8 Å². The average Bonchev–Trinajstić information content (AvgIpc) is 2.70. The molecule has 138 valence electrons. The number of thioether (sulfide) groups is 1. The van der Waals surface area contributed by atoms with Crippen molar-refractivity contribution in [3.8, 4) is 0 Å². The number of aromatic nitrogens is 1. The molecule has 0 bridgehead atoms. The number of hydrogen-bond acceptors (Lipinski definition) is 5. The van der Waals surface area contributed by atoms with E-state index in [1.807, 2.05) is 24.0 Å². The molecule has 1 saturated heterocycles. The Morgan fingerprint density at radius 1 is 0.846 bits per heavy atom. The van der Waals surface area contributed by atoms with Gasteiger partial charge in [0.25, 0.3) is 0 Å². The standard InChI is InChI=1S/C21H27N3S2/c1(5-12-23-14-16-25-17-15-23)2-6-13-24-18-8-3-4-9-19(18)26-20-10-7-11-22-21(20)24/h3-4,7-11H,1-2,5-6,12-17H2. The summed E-state index contributed by atoms with van der Waals surface area (Å²) >= 11 is 3.93. The van der Waals surface area contributed by atoms with Crippen LogP contribution in [0.3, 0.4) is 0 Å². The second-order valence-electron chi connectivity index (χ2n) is 6.91. The lowest BCUT2D eigenvalue weighted by molar-refractivity contribution is 0.294. The predicted octanol–water partition coefficient (Wildman–Crippen LogP) is 5.29. The molecule has 2 aliphatic heterocycles. The first-order chi connectivity index (χ1) is 12.9. The topological polar surface area (TPSA) is 19.4 Å². The third-order valence-electron chi connectivity index (χ3n) is 5.09. The zero-order valence-electron chi connectivity index (χ0n) is 15.3. The molecule has 4 rings (SSSR count). The fourth-order valence-electron chi connectivity index (χ4n) is 3.67. The van der Waals surface area contributed by atoms with Crippen molar-refractivity contribution in [2.45, 2.75) is 35.5 Å². The van der Waals surface area contributed by atoms with Crippen molar-refractivity contribution in [1.29, 1.82) is 0 Å². The molecule has 1 aromatic carbocycles. The van der Waals surface area contributed by atoms with Crippen LogP contribution in [0.1, 0.15) is 25.7 Å². The second-order valence-corrected chi connectivity index (χ2v) is 9.22. The highest BCUT2D eigenvalue weighted by atomic mass is 32.2. The molecule has 0 aliphatic carbocycles. The van der Waals surface area contributed by atoms with E-state index in [-0.39, 0.29) is 0 Å². The van der Waals surface area contributed by atoms with E-state index in [4.69, 9.17) is 0 Å². The van der Waals surface area contributed by atoms with E-state index in [0.717, 1.165) is 12.4 Å². The van der Waals surface area contributed by atoms with E-state index in [2.05, 4.69) is 56.9 Å². The molecule has 0 saturated carbocycles. The molecular weight excluding hydrogens is 358 g/mol. The number of rotatable bonds is 7. The average molecular weight is 386 g/mol. The summed E-state index contributed by atoms with van der Waals surface area (Å²) in [5, 5.41) is 0. The SMILES string of the molecule is c1ccc2c(c1)Sc1cccnc1N2CCCCCCN1CCSCC1. The molecule has 2 aromatic rings. The Kier molecular flexibility index (Phi) is 6.41. The van der Waals surface area contributed by atoms with Gasteiger partial charge in [-0.15, -0.1) is 0 Å². The maximum Gasteiger partial charge on any atom is 0.147 e. The van der Waals surface area contributed by atoms with Crippen molar-refractivity contribution in [3.63, 3.8) is 0 Å². The lowest BCUT2D eigenvalue weighted by Crippen LogP contribution is -2.33. The number of para-hydroxylation sites is 1. The summed E-state index contributed by atoms with van der Waals surface area (Å²) in [5.41, 5.74) is 1.31. The quantitative estimate of drug-likeness (QED) is 0.601. The van der Waals surface area contributed by atoms with Crippen LogP contribution in [0.15, 0.2) is 52.4 Å².